The fraction of sp³-hybridized carbons (Fsp3) is 0.907. The summed E-state index contributed by atoms with van der Waals surface area (Å²) >= 11 is 0. The predicted octanol–water partition coefficient (Wildman–Crippen LogP) is 7.10. The largest absolute Gasteiger partial charge is 0.463 e. The molecule has 0 aromatic rings. The van der Waals surface area contributed by atoms with Crippen LogP contribution in [0.5, 0.6) is 0 Å². The molecule has 9 atom stereocenters. The van der Waals surface area contributed by atoms with Crippen LogP contribution in [-0.4, -0.2) is 109 Å². The van der Waals surface area contributed by atoms with Crippen molar-refractivity contribution >= 4 is 23.9 Å². The Morgan fingerprint density at radius 3 is 1.62 bits per heavy atom. The number of hydrogen-bond acceptors (Lipinski definition) is 15. The summed E-state index contributed by atoms with van der Waals surface area (Å²) in [6, 6.07) is 0. The van der Waals surface area contributed by atoms with E-state index in [1.807, 2.05) is 20.8 Å². The van der Waals surface area contributed by atoms with Crippen molar-refractivity contribution in [3.63, 3.8) is 0 Å². The number of unbranched alkanes of at least 4 members (excludes halogenated alkanes) is 10. The van der Waals surface area contributed by atoms with Crippen molar-refractivity contribution in [2.45, 2.75) is 238 Å². The Labute approximate surface area is 346 Å². The van der Waals surface area contributed by atoms with Crippen LogP contribution in [0.3, 0.4) is 0 Å². The molecule has 3 heterocycles. The summed E-state index contributed by atoms with van der Waals surface area (Å²) < 4.78 is 60.7. The number of esters is 4. The van der Waals surface area contributed by atoms with Crippen LogP contribution in [0.2, 0.25) is 0 Å². The van der Waals surface area contributed by atoms with E-state index < -0.39 is 97.4 Å². The van der Waals surface area contributed by atoms with E-state index in [1.165, 1.54) is 0 Å². The molecule has 3 saturated heterocycles. The summed E-state index contributed by atoms with van der Waals surface area (Å²) in [5.41, 5.74) is 0. The molecule has 15 heteroatoms. The molecule has 58 heavy (non-hydrogen) atoms. The molecule has 0 bridgehead atoms. The van der Waals surface area contributed by atoms with Crippen molar-refractivity contribution in [2.24, 2.45) is 0 Å². The van der Waals surface area contributed by atoms with Gasteiger partial charge in [0.15, 0.2) is 36.2 Å². The molecule has 0 saturated carbocycles. The van der Waals surface area contributed by atoms with Crippen LogP contribution in [-0.2, 0) is 66.5 Å². The molecular formula is C43H74O15. The predicted molar refractivity (Wildman–Crippen MR) is 211 cm³/mol. The van der Waals surface area contributed by atoms with Crippen molar-refractivity contribution in [1.29, 1.82) is 0 Å². The number of aliphatic hydroxyl groups is 1. The summed E-state index contributed by atoms with van der Waals surface area (Å²) in [4.78, 5) is 53.4. The molecule has 15 nitrogen and oxygen atoms in total. The topological polar surface area (TPSA) is 181 Å². The highest BCUT2D eigenvalue weighted by molar-refractivity contribution is 5.72. The van der Waals surface area contributed by atoms with Crippen molar-refractivity contribution < 1.29 is 71.7 Å². The molecule has 3 aliphatic heterocycles. The van der Waals surface area contributed by atoms with Crippen LogP contribution in [0.15, 0.2) is 0 Å². The van der Waals surface area contributed by atoms with E-state index >= 15 is 0 Å². The van der Waals surface area contributed by atoms with Crippen molar-refractivity contribution in [1.82, 2.24) is 0 Å². The van der Waals surface area contributed by atoms with Gasteiger partial charge in [-0.25, -0.2) is 0 Å². The fourth-order valence-electron chi connectivity index (χ4n) is 7.25. The Morgan fingerprint density at radius 1 is 0.603 bits per heavy atom. The maximum Gasteiger partial charge on any atom is 0.306 e. The molecule has 0 aliphatic carbocycles. The standard InChI is InChI=1S/C43H74O15/c1-9-13-17-18-22-26-34(47)54-39-37(53-33(46)25-21-16-12-4)35(52-32(45)24-20-15-11-3)29(27-49-31(44)23-19-14-10-2)51-41(39)55-40(48)38-36(57-43(7,8)58-38)30-28-50-42(5,6)56-30/h29-30,35-41,48H,9-28H2,1-8H3/t29-,30-,35-,36+,37+,38-,39+,40?,41+/m1/s1. The third-order valence-corrected chi connectivity index (χ3v) is 10.4. The minimum Gasteiger partial charge on any atom is -0.463 e. The van der Waals surface area contributed by atoms with Crippen LogP contribution < -0.4 is 0 Å². The summed E-state index contributed by atoms with van der Waals surface area (Å²) in [5, 5.41) is 11.8. The van der Waals surface area contributed by atoms with E-state index in [0.717, 1.165) is 64.2 Å². The molecule has 1 unspecified atom stereocenters. The first-order valence-electron chi connectivity index (χ1n) is 22.0. The summed E-state index contributed by atoms with van der Waals surface area (Å²) in [6.07, 6.45) is -0.119. The van der Waals surface area contributed by atoms with E-state index in [0.29, 0.717) is 25.7 Å². The maximum atomic E-state index is 13.6. The lowest BCUT2D eigenvalue weighted by atomic mass is 9.97. The van der Waals surface area contributed by atoms with E-state index in [4.69, 9.17) is 47.4 Å². The lowest BCUT2D eigenvalue weighted by Gasteiger charge is -2.45. The minimum absolute atomic E-state index is 0.0511. The Hall–Kier alpha value is -2.40. The summed E-state index contributed by atoms with van der Waals surface area (Å²) in [7, 11) is 0. The van der Waals surface area contributed by atoms with Gasteiger partial charge in [-0.2, -0.15) is 0 Å². The van der Waals surface area contributed by atoms with Gasteiger partial charge in [0.2, 0.25) is 6.29 Å². The van der Waals surface area contributed by atoms with Crippen molar-refractivity contribution in [3.05, 3.63) is 0 Å². The Balaban J connectivity index is 2.02. The molecule has 0 aromatic heterocycles. The van der Waals surface area contributed by atoms with Crippen LogP contribution in [0.1, 0.15) is 171 Å². The molecule has 3 rings (SSSR count). The monoisotopic (exact) mass is 831 g/mol. The average molecular weight is 831 g/mol. The molecular weight excluding hydrogens is 756 g/mol. The second kappa shape index (κ2) is 25.4. The maximum absolute atomic E-state index is 13.6. The third kappa shape index (κ3) is 16.9. The van der Waals surface area contributed by atoms with Gasteiger partial charge in [0.1, 0.15) is 31.0 Å². The van der Waals surface area contributed by atoms with E-state index in [1.54, 1.807) is 27.7 Å². The molecule has 336 valence electrons. The molecule has 0 radical (unpaired) electrons. The zero-order valence-electron chi connectivity index (χ0n) is 36.5. The second-order valence-corrected chi connectivity index (χ2v) is 16.6. The van der Waals surface area contributed by atoms with Crippen LogP contribution >= 0.6 is 0 Å². The van der Waals surface area contributed by atoms with E-state index in [9.17, 15) is 24.3 Å². The zero-order chi connectivity index (χ0) is 42.7. The smallest absolute Gasteiger partial charge is 0.306 e. The first-order chi connectivity index (χ1) is 27.6. The van der Waals surface area contributed by atoms with E-state index in [2.05, 4.69) is 6.92 Å². The molecule has 0 spiro atoms. The Morgan fingerprint density at radius 2 is 1.09 bits per heavy atom. The van der Waals surface area contributed by atoms with Gasteiger partial charge >= 0.3 is 23.9 Å². The van der Waals surface area contributed by atoms with Gasteiger partial charge in [-0.3, -0.25) is 19.2 Å². The Bertz CT molecular complexity index is 1240. The normalized spacial score (nSPS) is 28.2. The number of ether oxygens (including phenoxy) is 10. The van der Waals surface area contributed by atoms with Crippen molar-refractivity contribution in [3.8, 4) is 0 Å². The minimum atomic E-state index is -1.77. The highest BCUT2D eigenvalue weighted by Crippen LogP contribution is 2.39. The molecule has 0 amide bonds. The first-order valence-corrected chi connectivity index (χ1v) is 22.0. The Kier molecular flexibility index (Phi) is 21.9. The molecule has 3 fully saturated rings. The lowest BCUT2D eigenvalue weighted by Crippen LogP contribution is -2.64. The van der Waals surface area contributed by atoms with Crippen LogP contribution in [0.4, 0.5) is 0 Å². The number of carbonyl (C=O) groups is 4. The number of rotatable bonds is 27. The molecule has 3 aliphatic rings. The second-order valence-electron chi connectivity index (χ2n) is 16.6. The average Bonchev–Trinajstić information content (AvgIpc) is 3.70. The molecule has 1 N–H and O–H groups in total. The van der Waals surface area contributed by atoms with Crippen LogP contribution in [0, 0.1) is 0 Å². The highest BCUT2D eigenvalue weighted by atomic mass is 16.8. The van der Waals surface area contributed by atoms with Gasteiger partial charge in [0.25, 0.3) is 0 Å². The van der Waals surface area contributed by atoms with Gasteiger partial charge in [-0.15, -0.1) is 0 Å². The fourth-order valence-corrected chi connectivity index (χ4v) is 7.25. The van der Waals surface area contributed by atoms with Crippen molar-refractivity contribution in [2.75, 3.05) is 13.2 Å². The van der Waals surface area contributed by atoms with Gasteiger partial charge < -0.3 is 52.5 Å². The SMILES string of the molecule is CCCCCCCC(=O)O[C@@H]1[C@H](OC(O)[C@@H]2OC(C)(C)O[C@H]2[C@H]2COC(C)(C)O2)O[C@H](COC(=O)CCCCC)[C@@H](OC(=O)CCCCC)[C@@H]1OC(=O)CCCCC. The third-order valence-electron chi connectivity index (χ3n) is 10.4. The van der Waals surface area contributed by atoms with Gasteiger partial charge in [0, 0.05) is 25.7 Å². The number of carbonyl (C=O) groups excluding carboxylic acids is 4. The highest BCUT2D eigenvalue weighted by Gasteiger charge is 2.57. The lowest BCUT2D eigenvalue weighted by molar-refractivity contribution is -0.347. The van der Waals surface area contributed by atoms with Crippen LogP contribution in [0.25, 0.3) is 0 Å². The van der Waals surface area contributed by atoms with Gasteiger partial charge in [0.05, 0.1) is 6.61 Å². The summed E-state index contributed by atoms with van der Waals surface area (Å²) in [5.74, 6) is -4.37. The number of hydrogen-bond donors (Lipinski definition) is 1. The molecule has 0 aromatic carbocycles. The first kappa shape index (κ1) is 50.0. The summed E-state index contributed by atoms with van der Waals surface area (Å²) in [6.45, 7) is 14.8. The van der Waals surface area contributed by atoms with E-state index in [-0.39, 0.29) is 32.3 Å². The number of aliphatic hydroxyl groups excluding tert-OH is 1. The van der Waals surface area contributed by atoms with Gasteiger partial charge in [-0.05, 0) is 53.4 Å². The zero-order valence-corrected chi connectivity index (χ0v) is 36.5. The quantitative estimate of drug-likeness (QED) is 0.0383. The van der Waals surface area contributed by atoms with Gasteiger partial charge in [-0.1, -0.05) is 91.9 Å².